The van der Waals surface area contributed by atoms with Gasteiger partial charge in [0.15, 0.2) is 0 Å². The van der Waals surface area contributed by atoms with Crippen LogP contribution in [0.25, 0.3) is 0 Å². The molecule has 10 amide bonds. The van der Waals surface area contributed by atoms with Crippen molar-refractivity contribution in [3.63, 3.8) is 0 Å². The summed E-state index contributed by atoms with van der Waals surface area (Å²) in [5.74, 6) is -10.0. The van der Waals surface area contributed by atoms with Crippen molar-refractivity contribution in [3.8, 4) is 0 Å². The molecule has 1 rings (SSSR count). The molecule has 0 bridgehead atoms. The minimum Gasteiger partial charge on any atom is -0.480 e. The molecule has 0 saturated carbocycles. The zero-order valence-electron chi connectivity index (χ0n) is 31.7. The quantitative estimate of drug-likeness (QED) is 0.0411. The molecule has 1 fully saturated rings. The van der Waals surface area contributed by atoms with Crippen LogP contribution >= 0.6 is 0 Å². The highest BCUT2D eigenvalue weighted by Gasteiger charge is 2.37. The number of likely N-dealkylation sites (tertiary alicyclic amines) is 1. The lowest BCUT2D eigenvalue weighted by Crippen LogP contribution is -2.60. The fraction of sp³-hybridized carbons (Fsp3) is 0.667. The van der Waals surface area contributed by atoms with Crippen LogP contribution in [0.5, 0.6) is 0 Å². The molecule has 1 saturated heterocycles. The van der Waals surface area contributed by atoms with Crippen LogP contribution < -0.4 is 54.8 Å². The maximum absolute atomic E-state index is 13.6. The monoisotopic (exact) mass is 797 g/mol. The zero-order chi connectivity index (χ0) is 42.7. The first-order valence-corrected chi connectivity index (χ1v) is 18.1. The number of amides is 10. The smallest absolute Gasteiger partial charge is 0.326 e. The van der Waals surface area contributed by atoms with E-state index in [0.717, 1.165) is 0 Å². The van der Waals surface area contributed by atoms with Gasteiger partial charge in [-0.3, -0.25) is 47.9 Å². The topological polar surface area (TPSA) is 387 Å². The Morgan fingerprint density at radius 3 is 1.71 bits per heavy atom. The maximum atomic E-state index is 13.6. The lowest BCUT2D eigenvalue weighted by molar-refractivity contribution is -0.142. The average Bonchev–Trinajstić information content (AvgIpc) is 3.63. The fourth-order valence-corrected chi connectivity index (χ4v) is 5.54. The normalized spacial score (nSPS) is 16.7. The van der Waals surface area contributed by atoms with E-state index in [9.17, 15) is 57.8 Å². The van der Waals surface area contributed by atoms with Gasteiger partial charge in [0.1, 0.15) is 36.3 Å². The van der Waals surface area contributed by atoms with E-state index in [1.54, 1.807) is 13.8 Å². The summed E-state index contributed by atoms with van der Waals surface area (Å²) in [5, 5.41) is 23.5. The number of aliphatic carboxylic acids is 1. The molecule has 0 spiro atoms. The van der Waals surface area contributed by atoms with Crippen LogP contribution in [-0.4, -0.2) is 131 Å². The molecule has 0 unspecified atom stereocenters. The molecule has 15 N–H and O–H groups in total. The Morgan fingerprint density at radius 2 is 1.21 bits per heavy atom. The van der Waals surface area contributed by atoms with Crippen LogP contribution in [-0.2, 0) is 52.7 Å². The molecule has 1 aliphatic rings. The van der Waals surface area contributed by atoms with Gasteiger partial charge in [0, 0.05) is 25.8 Å². The van der Waals surface area contributed by atoms with Gasteiger partial charge < -0.3 is 64.8 Å². The van der Waals surface area contributed by atoms with E-state index in [4.69, 9.17) is 22.9 Å². The zero-order valence-corrected chi connectivity index (χ0v) is 31.7. The first-order valence-electron chi connectivity index (χ1n) is 18.1. The second-order valence-electron chi connectivity index (χ2n) is 13.4. The summed E-state index contributed by atoms with van der Waals surface area (Å²) in [6.07, 6.45) is -0.840. The number of rotatable bonds is 25. The number of carboxylic acids is 1. The van der Waals surface area contributed by atoms with E-state index >= 15 is 0 Å². The van der Waals surface area contributed by atoms with E-state index in [2.05, 4.69) is 31.9 Å². The lowest BCUT2D eigenvalue weighted by atomic mass is 9.97. The highest BCUT2D eigenvalue weighted by Crippen LogP contribution is 2.18. The minimum atomic E-state index is -1.50. The number of nitrogens with two attached hydrogens (primary N) is 4. The second-order valence-corrected chi connectivity index (χ2v) is 13.4. The van der Waals surface area contributed by atoms with Gasteiger partial charge in [-0.2, -0.15) is 0 Å². The summed E-state index contributed by atoms with van der Waals surface area (Å²) in [6.45, 7) is 3.85. The first kappa shape index (κ1) is 48.1. The Bertz CT molecular complexity index is 1490. The predicted octanol–water partition coefficient (Wildman–Crippen LogP) is -5.58. The molecule has 0 aromatic heterocycles. The number of hydrogen-bond donors (Lipinski definition) is 11. The van der Waals surface area contributed by atoms with Gasteiger partial charge in [0.05, 0.1) is 13.1 Å². The fourth-order valence-electron chi connectivity index (χ4n) is 5.54. The van der Waals surface area contributed by atoms with Crippen molar-refractivity contribution in [3.05, 3.63) is 0 Å². The number of nitrogens with one attached hydrogen (secondary N) is 6. The average molecular weight is 798 g/mol. The number of carbonyl (C=O) groups is 11. The molecule has 0 aliphatic carbocycles. The van der Waals surface area contributed by atoms with Gasteiger partial charge in [-0.05, 0) is 44.9 Å². The van der Waals surface area contributed by atoms with E-state index < -0.39 is 120 Å². The Morgan fingerprint density at radius 1 is 0.696 bits per heavy atom. The van der Waals surface area contributed by atoms with Crippen molar-refractivity contribution in [2.24, 2.45) is 28.9 Å². The highest BCUT2D eigenvalue weighted by molar-refractivity contribution is 5.97. The van der Waals surface area contributed by atoms with Crippen molar-refractivity contribution in [1.29, 1.82) is 0 Å². The van der Waals surface area contributed by atoms with Crippen molar-refractivity contribution in [2.75, 3.05) is 19.6 Å². The van der Waals surface area contributed by atoms with Crippen molar-refractivity contribution in [2.45, 2.75) is 115 Å². The molecular weight excluding hydrogens is 742 g/mol. The van der Waals surface area contributed by atoms with Gasteiger partial charge in [-0.1, -0.05) is 20.3 Å². The third kappa shape index (κ3) is 16.7. The summed E-state index contributed by atoms with van der Waals surface area (Å²) in [6, 6.07) is -7.89. The Balaban J connectivity index is 3.10. The second kappa shape index (κ2) is 23.8. The van der Waals surface area contributed by atoms with Crippen molar-refractivity contribution >= 4 is 65.0 Å². The molecular formula is C33H55N11O12. The van der Waals surface area contributed by atoms with Gasteiger partial charge >= 0.3 is 5.97 Å². The molecule has 314 valence electrons. The van der Waals surface area contributed by atoms with Crippen molar-refractivity contribution < 1.29 is 57.8 Å². The van der Waals surface area contributed by atoms with Gasteiger partial charge in [0.25, 0.3) is 0 Å². The summed E-state index contributed by atoms with van der Waals surface area (Å²) in [7, 11) is 0. The molecule has 23 nitrogen and oxygen atoms in total. The number of hydrogen-bond acceptors (Lipinski definition) is 12. The van der Waals surface area contributed by atoms with Gasteiger partial charge in [0.2, 0.25) is 59.1 Å². The van der Waals surface area contributed by atoms with Gasteiger partial charge in [-0.25, -0.2) is 4.79 Å². The van der Waals surface area contributed by atoms with E-state index in [-0.39, 0.29) is 51.6 Å². The highest BCUT2D eigenvalue weighted by atomic mass is 16.4. The molecule has 1 aliphatic heterocycles. The Kier molecular flexibility index (Phi) is 20.5. The maximum Gasteiger partial charge on any atom is 0.326 e. The molecule has 23 heteroatoms. The summed E-state index contributed by atoms with van der Waals surface area (Å²) in [4.78, 5) is 138. The van der Waals surface area contributed by atoms with E-state index in [1.165, 1.54) is 11.8 Å². The number of primary amides is 3. The van der Waals surface area contributed by atoms with Crippen LogP contribution in [0.4, 0.5) is 0 Å². The standard InChI is InChI=1S/C33H55N11O12/c1-4-16(2)27(32(54)39-17(3)28(50)38-15-25(48)40-20(33(55)56)9-12-24(37)47)43-30(52)19(8-11-23(36)46)41-29(51)18(7-10-22(35)45)42-31(53)21-6-5-13-44(21)26(49)14-34/h16-21,27H,4-15,34H2,1-3H3,(H2,35,45)(H2,36,46)(H2,37,47)(H,38,50)(H,39,54)(H,40,48)(H,41,51)(H,42,53)(H,43,52)(H,55,56)/t16-,17-,18-,19-,20-,21-,27-/m0/s1. The van der Waals surface area contributed by atoms with Crippen LogP contribution in [0.1, 0.15) is 78.6 Å². The Labute approximate surface area is 322 Å². The number of carbonyl (C=O) groups excluding carboxylic acids is 10. The van der Waals surface area contributed by atoms with Crippen LogP contribution in [0, 0.1) is 5.92 Å². The molecule has 0 aromatic rings. The molecule has 56 heavy (non-hydrogen) atoms. The largest absolute Gasteiger partial charge is 0.480 e. The summed E-state index contributed by atoms with van der Waals surface area (Å²) < 4.78 is 0. The predicted molar refractivity (Wildman–Crippen MR) is 195 cm³/mol. The minimum absolute atomic E-state index is 0.267. The lowest BCUT2D eigenvalue weighted by Gasteiger charge is -2.29. The van der Waals surface area contributed by atoms with Crippen LogP contribution in [0.15, 0.2) is 0 Å². The molecule has 1 heterocycles. The SMILES string of the molecule is CC[C@H](C)[C@H](NC(=O)[C@H](CCC(N)=O)NC(=O)[C@H](CCC(N)=O)NC(=O)[C@@H]1CCCN1C(=O)CN)C(=O)N[C@@H](C)C(=O)NCC(=O)N[C@@H](CCC(N)=O)C(=O)O. The molecule has 7 atom stereocenters. The summed E-state index contributed by atoms with van der Waals surface area (Å²) in [5.41, 5.74) is 21.1. The Hall–Kier alpha value is -5.87. The van der Waals surface area contributed by atoms with Crippen LogP contribution in [0.3, 0.4) is 0 Å². The van der Waals surface area contributed by atoms with E-state index in [0.29, 0.717) is 12.8 Å². The molecule has 0 aromatic carbocycles. The third-order valence-corrected chi connectivity index (χ3v) is 8.96. The summed E-state index contributed by atoms with van der Waals surface area (Å²) >= 11 is 0. The third-order valence-electron chi connectivity index (χ3n) is 8.96. The van der Waals surface area contributed by atoms with Gasteiger partial charge in [-0.15, -0.1) is 0 Å². The number of carboxylic acid groups (broad SMARTS) is 1. The number of nitrogens with zero attached hydrogens (tertiary/aromatic N) is 1. The van der Waals surface area contributed by atoms with E-state index in [1.807, 2.05) is 0 Å². The first-order chi connectivity index (χ1) is 26.2. The van der Waals surface area contributed by atoms with Crippen molar-refractivity contribution in [1.82, 2.24) is 36.8 Å². The molecule has 0 radical (unpaired) electrons. The van der Waals surface area contributed by atoms with Crippen LogP contribution in [0.2, 0.25) is 0 Å².